The summed E-state index contributed by atoms with van der Waals surface area (Å²) >= 11 is 0. The molecule has 30 heavy (non-hydrogen) atoms. The lowest BCUT2D eigenvalue weighted by atomic mass is 10.1. The van der Waals surface area contributed by atoms with E-state index in [4.69, 9.17) is 9.47 Å². The SMILES string of the molecule is O=C(CCc1cccc(OC2CCCC2)c1)Nc1cccc(Oc2cnccn2)c1. The fraction of sp³-hybridized carbons (Fsp3) is 0.292. The molecule has 0 bridgehead atoms. The van der Waals surface area contributed by atoms with E-state index in [1.54, 1.807) is 24.5 Å². The zero-order valence-corrected chi connectivity index (χ0v) is 16.8. The highest BCUT2D eigenvalue weighted by Crippen LogP contribution is 2.25. The molecule has 1 N–H and O–H groups in total. The van der Waals surface area contributed by atoms with Crippen molar-refractivity contribution >= 4 is 11.6 Å². The lowest BCUT2D eigenvalue weighted by Crippen LogP contribution is -2.13. The van der Waals surface area contributed by atoms with Crippen molar-refractivity contribution in [1.29, 1.82) is 0 Å². The van der Waals surface area contributed by atoms with Gasteiger partial charge in [0.05, 0.1) is 12.3 Å². The summed E-state index contributed by atoms with van der Waals surface area (Å²) in [7, 11) is 0. The number of rotatable bonds is 8. The van der Waals surface area contributed by atoms with Gasteiger partial charge in [0.25, 0.3) is 0 Å². The van der Waals surface area contributed by atoms with Crippen molar-refractivity contribution < 1.29 is 14.3 Å². The first-order valence-corrected chi connectivity index (χ1v) is 10.3. The molecule has 6 nitrogen and oxygen atoms in total. The number of hydrogen-bond acceptors (Lipinski definition) is 5. The van der Waals surface area contributed by atoms with Gasteiger partial charge in [-0.3, -0.25) is 9.78 Å². The van der Waals surface area contributed by atoms with Gasteiger partial charge in [-0.25, -0.2) is 4.98 Å². The Balaban J connectivity index is 1.29. The molecule has 0 unspecified atom stereocenters. The molecule has 6 heteroatoms. The highest BCUT2D eigenvalue weighted by atomic mass is 16.5. The van der Waals surface area contributed by atoms with Crippen molar-refractivity contribution in [3.8, 4) is 17.4 Å². The second-order valence-electron chi connectivity index (χ2n) is 7.39. The van der Waals surface area contributed by atoms with E-state index < -0.39 is 0 Å². The van der Waals surface area contributed by atoms with Crippen LogP contribution in [0.2, 0.25) is 0 Å². The molecule has 1 fully saturated rings. The van der Waals surface area contributed by atoms with Crippen LogP contribution in [0, 0.1) is 0 Å². The monoisotopic (exact) mass is 403 g/mol. The third-order valence-electron chi connectivity index (χ3n) is 5.02. The van der Waals surface area contributed by atoms with Gasteiger partial charge in [-0.05, 0) is 61.9 Å². The second-order valence-corrected chi connectivity index (χ2v) is 7.39. The Morgan fingerprint density at radius 1 is 1.03 bits per heavy atom. The lowest BCUT2D eigenvalue weighted by molar-refractivity contribution is -0.116. The molecule has 0 radical (unpaired) electrons. The van der Waals surface area contributed by atoms with Gasteiger partial charge in [-0.15, -0.1) is 0 Å². The van der Waals surface area contributed by atoms with Crippen LogP contribution in [0.5, 0.6) is 17.4 Å². The van der Waals surface area contributed by atoms with E-state index >= 15 is 0 Å². The Kier molecular flexibility index (Phi) is 6.54. The van der Waals surface area contributed by atoms with Gasteiger partial charge in [-0.2, -0.15) is 0 Å². The molecule has 154 valence electrons. The van der Waals surface area contributed by atoms with Crippen LogP contribution >= 0.6 is 0 Å². The molecule has 0 atom stereocenters. The van der Waals surface area contributed by atoms with E-state index in [9.17, 15) is 4.79 Å². The summed E-state index contributed by atoms with van der Waals surface area (Å²) in [4.78, 5) is 20.5. The average molecular weight is 403 g/mol. The number of hydrogen-bond donors (Lipinski definition) is 1. The van der Waals surface area contributed by atoms with Crippen LogP contribution in [0.1, 0.15) is 37.7 Å². The Morgan fingerprint density at radius 2 is 1.87 bits per heavy atom. The predicted molar refractivity (Wildman–Crippen MR) is 115 cm³/mol. The highest BCUT2D eigenvalue weighted by molar-refractivity contribution is 5.91. The minimum absolute atomic E-state index is 0.0474. The molecule has 1 aliphatic rings. The van der Waals surface area contributed by atoms with Gasteiger partial charge in [0.15, 0.2) is 0 Å². The summed E-state index contributed by atoms with van der Waals surface area (Å²) in [6, 6.07) is 15.3. The molecule has 1 amide bonds. The van der Waals surface area contributed by atoms with Crippen molar-refractivity contribution in [1.82, 2.24) is 9.97 Å². The van der Waals surface area contributed by atoms with Crippen LogP contribution in [0.15, 0.2) is 67.1 Å². The number of nitrogens with zero attached hydrogens (tertiary/aromatic N) is 2. The summed E-state index contributed by atoms with van der Waals surface area (Å²) in [5.74, 6) is 1.84. The molecule has 0 saturated heterocycles. The van der Waals surface area contributed by atoms with Crippen molar-refractivity contribution in [2.24, 2.45) is 0 Å². The van der Waals surface area contributed by atoms with Crippen molar-refractivity contribution in [2.45, 2.75) is 44.6 Å². The molecule has 1 aromatic heterocycles. The number of aromatic nitrogens is 2. The van der Waals surface area contributed by atoms with Gasteiger partial charge in [0.2, 0.25) is 11.8 Å². The van der Waals surface area contributed by atoms with Crippen LogP contribution in [-0.4, -0.2) is 22.0 Å². The van der Waals surface area contributed by atoms with E-state index in [1.807, 2.05) is 36.4 Å². The molecule has 2 aromatic carbocycles. The standard InChI is InChI=1S/C24H25N3O3/c28-23(12-11-18-5-3-9-21(15-18)29-20-7-1-2-8-20)27-19-6-4-10-22(16-19)30-24-17-25-13-14-26-24/h3-6,9-10,13-17,20H,1-2,7-8,11-12H2,(H,27,28). The molecular formula is C24H25N3O3. The molecule has 1 saturated carbocycles. The summed E-state index contributed by atoms with van der Waals surface area (Å²) in [6.45, 7) is 0. The first-order valence-electron chi connectivity index (χ1n) is 10.3. The third kappa shape index (κ3) is 5.80. The van der Waals surface area contributed by atoms with Crippen molar-refractivity contribution in [2.75, 3.05) is 5.32 Å². The van der Waals surface area contributed by atoms with Crippen LogP contribution in [0.25, 0.3) is 0 Å². The van der Waals surface area contributed by atoms with Crippen LogP contribution < -0.4 is 14.8 Å². The first-order chi connectivity index (χ1) is 14.7. The smallest absolute Gasteiger partial charge is 0.237 e. The molecule has 0 aliphatic heterocycles. The fourth-order valence-corrected chi connectivity index (χ4v) is 3.55. The van der Waals surface area contributed by atoms with Crippen LogP contribution in [-0.2, 0) is 11.2 Å². The van der Waals surface area contributed by atoms with E-state index in [2.05, 4.69) is 15.3 Å². The number of carbonyl (C=O) groups is 1. The Morgan fingerprint density at radius 3 is 2.70 bits per heavy atom. The minimum Gasteiger partial charge on any atom is -0.490 e. The van der Waals surface area contributed by atoms with E-state index in [0.29, 0.717) is 36.3 Å². The van der Waals surface area contributed by atoms with Gasteiger partial charge >= 0.3 is 0 Å². The van der Waals surface area contributed by atoms with Gasteiger partial charge in [0.1, 0.15) is 11.5 Å². The zero-order chi connectivity index (χ0) is 20.6. The summed E-state index contributed by atoms with van der Waals surface area (Å²) in [5.41, 5.74) is 1.78. The van der Waals surface area contributed by atoms with Crippen molar-refractivity contribution in [3.05, 3.63) is 72.7 Å². The van der Waals surface area contributed by atoms with Gasteiger partial charge in [0, 0.05) is 30.6 Å². The molecule has 3 aromatic rings. The topological polar surface area (TPSA) is 73.3 Å². The van der Waals surface area contributed by atoms with Crippen LogP contribution in [0.3, 0.4) is 0 Å². The Labute approximate surface area is 176 Å². The second kappa shape index (κ2) is 9.87. The largest absolute Gasteiger partial charge is 0.490 e. The number of carbonyl (C=O) groups excluding carboxylic acids is 1. The summed E-state index contributed by atoms with van der Waals surface area (Å²) in [5, 5.41) is 2.93. The number of amides is 1. The molecular weight excluding hydrogens is 378 g/mol. The van der Waals surface area contributed by atoms with Gasteiger partial charge < -0.3 is 14.8 Å². The first kappa shape index (κ1) is 19.9. The highest BCUT2D eigenvalue weighted by Gasteiger charge is 2.16. The maximum absolute atomic E-state index is 12.4. The number of aryl methyl sites for hydroxylation is 1. The molecule has 0 spiro atoms. The quantitative estimate of drug-likeness (QED) is 0.562. The normalized spacial score (nSPS) is 13.7. The third-order valence-corrected chi connectivity index (χ3v) is 5.02. The van der Waals surface area contributed by atoms with E-state index in [0.717, 1.165) is 24.2 Å². The molecule has 1 heterocycles. The summed E-state index contributed by atoms with van der Waals surface area (Å²) < 4.78 is 11.7. The number of nitrogens with one attached hydrogen (secondary N) is 1. The lowest BCUT2D eigenvalue weighted by Gasteiger charge is -2.14. The maximum atomic E-state index is 12.4. The predicted octanol–water partition coefficient (Wildman–Crippen LogP) is 5.16. The maximum Gasteiger partial charge on any atom is 0.237 e. The molecule has 1 aliphatic carbocycles. The number of ether oxygens (including phenoxy) is 2. The zero-order valence-electron chi connectivity index (χ0n) is 16.8. The van der Waals surface area contributed by atoms with Crippen LogP contribution in [0.4, 0.5) is 5.69 Å². The molecule has 4 rings (SSSR count). The fourth-order valence-electron chi connectivity index (χ4n) is 3.55. The number of anilines is 1. The van der Waals surface area contributed by atoms with E-state index in [-0.39, 0.29) is 5.91 Å². The minimum atomic E-state index is -0.0474. The van der Waals surface area contributed by atoms with Gasteiger partial charge in [-0.1, -0.05) is 18.2 Å². The summed E-state index contributed by atoms with van der Waals surface area (Å²) in [6.07, 6.45) is 10.8. The Hall–Kier alpha value is -3.41. The van der Waals surface area contributed by atoms with E-state index in [1.165, 1.54) is 19.0 Å². The van der Waals surface area contributed by atoms with Crippen molar-refractivity contribution in [3.63, 3.8) is 0 Å². The number of benzene rings is 2. The Bertz CT molecular complexity index is 972. The average Bonchev–Trinajstić information content (AvgIpc) is 3.27.